The second-order valence-corrected chi connectivity index (χ2v) is 9.10. The quantitative estimate of drug-likeness (QED) is 0.439. The van der Waals surface area contributed by atoms with Crippen LogP contribution in [0.5, 0.6) is 5.75 Å². The number of carbonyl (C=O) groups excluding carboxylic acids is 1. The van der Waals surface area contributed by atoms with Crippen molar-refractivity contribution in [1.29, 1.82) is 0 Å². The maximum absolute atomic E-state index is 12.6. The Morgan fingerprint density at radius 1 is 1.19 bits per heavy atom. The zero-order chi connectivity index (χ0) is 23.3. The van der Waals surface area contributed by atoms with Gasteiger partial charge in [-0.1, -0.05) is 31.5 Å². The standard InChI is InChI=1S/C20H24ClN3O6S/c1-5-23(6-2)31(28,29)15-7-8-18(17(11-15)24(26)27)30-12-19(25)22-20-14(4)9-13(3)10-16(20)21/h7-11H,5-6,12H2,1-4H3,(H,22,25). The van der Waals surface area contributed by atoms with E-state index in [1.165, 1.54) is 16.4 Å². The number of nitrogens with one attached hydrogen (secondary N) is 1. The molecule has 0 spiro atoms. The number of benzene rings is 2. The molecule has 0 aliphatic heterocycles. The summed E-state index contributed by atoms with van der Waals surface area (Å²) in [7, 11) is -3.88. The number of hydrogen-bond donors (Lipinski definition) is 1. The monoisotopic (exact) mass is 469 g/mol. The van der Waals surface area contributed by atoms with Gasteiger partial charge in [-0.05, 0) is 43.2 Å². The number of nitrogens with zero attached hydrogens (tertiary/aromatic N) is 2. The molecule has 0 saturated carbocycles. The summed E-state index contributed by atoms with van der Waals surface area (Å²) < 4.78 is 31.7. The Labute approximate surface area is 186 Å². The molecule has 2 rings (SSSR count). The second kappa shape index (κ2) is 10.1. The summed E-state index contributed by atoms with van der Waals surface area (Å²) in [5, 5.41) is 14.5. The van der Waals surface area contributed by atoms with Crippen molar-refractivity contribution in [3.8, 4) is 5.75 Å². The van der Waals surface area contributed by atoms with Crippen LogP contribution in [-0.4, -0.2) is 43.2 Å². The smallest absolute Gasteiger partial charge is 0.312 e. The van der Waals surface area contributed by atoms with Crippen molar-refractivity contribution in [3.05, 3.63) is 56.6 Å². The van der Waals surface area contributed by atoms with E-state index >= 15 is 0 Å². The number of hydrogen-bond acceptors (Lipinski definition) is 6. The third-order valence-electron chi connectivity index (χ3n) is 4.53. The Balaban J connectivity index is 2.22. The lowest BCUT2D eigenvalue weighted by Crippen LogP contribution is -2.30. The van der Waals surface area contributed by atoms with Gasteiger partial charge in [0.15, 0.2) is 12.4 Å². The van der Waals surface area contributed by atoms with Gasteiger partial charge in [0, 0.05) is 19.2 Å². The van der Waals surface area contributed by atoms with Crippen molar-refractivity contribution in [1.82, 2.24) is 4.31 Å². The Morgan fingerprint density at radius 2 is 1.84 bits per heavy atom. The van der Waals surface area contributed by atoms with Crippen molar-refractivity contribution < 1.29 is 22.9 Å². The molecule has 0 atom stereocenters. The van der Waals surface area contributed by atoms with Crippen LogP contribution < -0.4 is 10.1 Å². The third kappa shape index (κ3) is 5.72. The van der Waals surface area contributed by atoms with E-state index in [1.807, 2.05) is 13.0 Å². The first-order chi connectivity index (χ1) is 14.5. The van der Waals surface area contributed by atoms with Crippen LogP contribution in [0.4, 0.5) is 11.4 Å². The lowest BCUT2D eigenvalue weighted by molar-refractivity contribution is -0.386. The number of ether oxygens (including phenoxy) is 1. The van der Waals surface area contributed by atoms with E-state index in [0.717, 1.165) is 17.2 Å². The number of halogens is 1. The molecule has 31 heavy (non-hydrogen) atoms. The van der Waals surface area contributed by atoms with Crippen LogP contribution in [0.25, 0.3) is 0 Å². The minimum atomic E-state index is -3.88. The normalized spacial score (nSPS) is 11.4. The van der Waals surface area contributed by atoms with Gasteiger partial charge in [-0.15, -0.1) is 0 Å². The Hall–Kier alpha value is -2.69. The molecule has 2 aromatic carbocycles. The highest BCUT2D eigenvalue weighted by molar-refractivity contribution is 7.89. The summed E-state index contributed by atoms with van der Waals surface area (Å²) in [6.45, 7) is 6.94. The van der Waals surface area contributed by atoms with E-state index in [9.17, 15) is 23.3 Å². The molecule has 168 valence electrons. The van der Waals surface area contributed by atoms with Crippen LogP contribution in [0.1, 0.15) is 25.0 Å². The van der Waals surface area contributed by atoms with E-state index in [2.05, 4.69) is 5.32 Å². The van der Waals surface area contributed by atoms with Crippen molar-refractivity contribution in [2.45, 2.75) is 32.6 Å². The fraction of sp³-hybridized carbons (Fsp3) is 0.350. The van der Waals surface area contributed by atoms with Crippen molar-refractivity contribution >= 4 is 38.9 Å². The van der Waals surface area contributed by atoms with Gasteiger partial charge in [0.2, 0.25) is 10.0 Å². The summed E-state index contributed by atoms with van der Waals surface area (Å²) in [6.07, 6.45) is 0. The number of rotatable bonds is 9. The highest BCUT2D eigenvalue weighted by Crippen LogP contribution is 2.31. The van der Waals surface area contributed by atoms with Crippen LogP contribution in [0.3, 0.4) is 0 Å². The van der Waals surface area contributed by atoms with Crippen LogP contribution >= 0.6 is 11.6 Å². The van der Waals surface area contributed by atoms with Gasteiger partial charge in [-0.25, -0.2) is 8.42 Å². The van der Waals surface area contributed by atoms with E-state index in [4.69, 9.17) is 16.3 Å². The minimum absolute atomic E-state index is 0.217. The largest absolute Gasteiger partial charge is 0.477 e. The molecule has 2 aromatic rings. The Kier molecular flexibility index (Phi) is 7.99. The first-order valence-corrected chi connectivity index (χ1v) is 11.3. The summed E-state index contributed by atoms with van der Waals surface area (Å²) in [5.41, 5.74) is 1.57. The number of nitro groups is 1. The summed E-state index contributed by atoms with van der Waals surface area (Å²) in [6, 6.07) is 6.87. The van der Waals surface area contributed by atoms with Crippen LogP contribution in [0, 0.1) is 24.0 Å². The van der Waals surface area contributed by atoms with E-state index in [-0.39, 0.29) is 23.7 Å². The summed E-state index contributed by atoms with van der Waals surface area (Å²) in [4.78, 5) is 22.8. The number of sulfonamides is 1. The number of amides is 1. The fourth-order valence-electron chi connectivity index (χ4n) is 3.03. The van der Waals surface area contributed by atoms with Gasteiger partial charge in [0.25, 0.3) is 5.91 Å². The first kappa shape index (κ1) is 24.6. The molecule has 11 heteroatoms. The highest BCUT2D eigenvalue weighted by Gasteiger charge is 2.26. The maximum atomic E-state index is 12.6. The maximum Gasteiger partial charge on any atom is 0.312 e. The Morgan fingerprint density at radius 3 is 2.39 bits per heavy atom. The van der Waals surface area contributed by atoms with Crippen LogP contribution in [0.2, 0.25) is 5.02 Å². The zero-order valence-corrected chi connectivity index (χ0v) is 19.2. The molecule has 0 aliphatic rings. The number of carbonyl (C=O) groups is 1. The Bertz CT molecular complexity index is 1080. The number of nitro benzene ring substituents is 1. The lowest BCUT2D eigenvalue weighted by atomic mass is 10.1. The van der Waals surface area contributed by atoms with Gasteiger partial charge in [0.1, 0.15) is 0 Å². The van der Waals surface area contributed by atoms with E-state index in [0.29, 0.717) is 10.7 Å². The average molecular weight is 470 g/mol. The van der Waals surface area contributed by atoms with Crippen molar-refractivity contribution in [3.63, 3.8) is 0 Å². The topological polar surface area (TPSA) is 119 Å². The van der Waals surface area contributed by atoms with E-state index in [1.54, 1.807) is 26.8 Å². The molecule has 0 heterocycles. The first-order valence-electron chi connectivity index (χ1n) is 9.49. The molecular formula is C20H24ClN3O6S. The van der Waals surface area contributed by atoms with Gasteiger partial charge in [-0.3, -0.25) is 14.9 Å². The summed E-state index contributed by atoms with van der Waals surface area (Å²) in [5.74, 6) is -0.784. The van der Waals surface area contributed by atoms with Crippen molar-refractivity contribution in [2.24, 2.45) is 0 Å². The van der Waals surface area contributed by atoms with Crippen molar-refractivity contribution in [2.75, 3.05) is 25.0 Å². The molecular weight excluding hydrogens is 446 g/mol. The van der Waals surface area contributed by atoms with Gasteiger partial charge >= 0.3 is 5.69 Å². The SMILES string of the molecule is CCN(CC)S(=O)(=O)c1ccc(OCC(=O)Nc2c(C)cc(C)cc2Cl)c([N+](=O)[O-])c1. The van der Waals surface area contributed by atoms with Gasteiger partial charge in [0.05, 0.1) is 20.5 Å². The molecule has 0 aromatic heterocycles. The zero-order valence-electron chi connectivity index (χ0n) is 17.6. The molecule has 0 fully saturated rings. The molecule has 9 nitrogen and oxygen atoms in total. The van der Waals surface area contributed by atoms with Crippen LogP contribution in [0.15, 0.2) is 35.2 Å². The summed E-state index contributed by atoms with van der Waals surface area (Å²) >= 11 is 6.17. The number of anilines is 1. The molecule has 1 amide bonds. The van der Waals surface area contributed by atoms with Gasteiger partial charge in [-0.2, -0.15) is 4.31 Å². The minimum Gasteiger partial charge on any atom is -0.477 e. The third-order valence-corrected chi connectivity index (χ3v) is 6.87. The van der Waals surface area contributed by atoms with E-state index < -0.39 is 33.1 Å². The predicted octanol–water partition coefficient (Wildman–Crippen LogP) is 3.91. The number of aryl methyl sites for hydroxylation is 2. The molecule has 0 unspecified atom stereocenters. The predicted molar refractivity (Wildman–Crippen MR) is 118 cm³/mol. The van der Waals surface area contributed by atoms with Crippen LogP contribution in [-0.2, 0) is 14.8 Å². The molecule has 0 bridgehead atoms. The lowest BCUT2D eigenvalue weighted by Gasteiger charge is -2.18. The second-order valence-electron chi connectivity index (χ2n) is 6.75. The molecule has 0 aliphatic carbocycles. The van der Waals surface area contributed by atoms with Gasteiger partial charge < -0.3 is 10.1 Å². The molecule has 0 radical (unpaired) electrons. The average Bonchev–Trinajstić information content (AvgIpc) is 2.69. The molecule has 1 N–H and O–H groups in total. The fourth-order valence-corrected chi connectivity index (χ4v) is 4.87. The molecule has 0 saturated heterocycles. The highest BCUT2D eigenvalue weighted by atomic mass is 35.5.